The van der Waals surface area contributed by atoms with E-state index in [1.54, 1.807) is 0 Å². The summed E-state index contributed by atoms with van der Waals surface area (Å²) >= 11 is 0. The molecule has 2 aliphatic rings. The first-order valence-corrected chi connectivity index (χ1v) is 13.4. The number of carbonyl (C=O) groups is 1. The van der Waals surface area contributed by atoms with Crippen LogP contribution in [0.15, 0.2) is 66.7 Å². The molecular weight excluding hydrogens is 478 g/mol. The fourth-order valence-corrected chi connectivity index (χ4v) is 4.57. The van der Waals surface area contributed by atoms with Crippen molar-refractivity contribution >= 4 is 17.1 Å². The van der Waals surface area contributed by atoms with Gasteiger partial charge in [0.1, 0.15) is 18.1 Å². The number of esters is 1. The van der Waals surface area contributed by atoms with Crippen molar-refractivity contribution in [1.29, 1.82) is 0 Å². The molecule has 1 saturated carbocycles. The Morgan fingerprint density at radius 3 is 2.16 bits per heavy atom. The number of nitrogens with one attached hydrogen (secondary N) is 1. The second kappa shape index (κ2) is 11.7. The minimum absolute atomic E-state index is 0.0599. The third kappa shape index (κ3) is 6.20. The molecule has 1 fully saturated rings. The number of hydrogen-bond donors (Lipinski definition) is 1. The predicted molar refractivity (Wildman–Crippen MR) is 149 cm³/mol. The van der Waals surface area contributed by atoms with Crippen LogP contribution in [0.2, 0.25) is 0 Å². The lowest BCUT2D eigenvalue weighted by molar-refractivity contribution is -0.135. The quantitative estimate of drug-likeness (QED) is 0.137. The van der Waals surface area contributed by atoms with Gasteiger partial charge >= 0.3 is 5.97 Å². The normalized spacial score (nSPS) is 14.8. The van der Waals surface area contributed by atoms with Gasteiger partial charge in [0.05, 0.1) is 5.92 Å². The van der Waals surface area contributed by atoms with Gasteiger partial charge in [-0.2, -0.15) is 0 Å². The lowest BCUT2D eigenvalue weighted by Crippen LogP contribution is -2.27. The van der Waals surface area contributed by atoms with E-state index in [9.17, 15) is 4.79 Å². The molecule has 0 amide bonds. The van der Waals surface area contributed by atoms with E-state index in [4.69, 9.17) is 18.9 Å². The third-order valence-corrected chi connectivity index (χ3v) is 6.71. The van der Waals surface area contributed by atoms with Gasteiger partial charge in [-0.25, -0.2) is 0 Å². The number of benzene rings is 3. The molecule has 38 heavy (non-hydrogen) atoms. The van der Waals surface area contributed by atoms with Gasteiger partial charge < -0.3 is 24.3 Å². The summed E-state index contributed by atoms with van der Waals surface area (Å²) in [7, 11) is 0. The van der Waals surface area contributed by atoms with Crippen molar-refractivity contribution < 1.29 is 23.7 Å². The van der Waals surface area contributed by atoms with Crippen LogP contribution < -0.4 is 24.3 Å². The smallest absolute Gasteiger partial charge is 0.314 e. The highest BCUT2D eigenvalue weighted by atomic mass is 16.7. The number of hydrogen-bond acceptors (Lipinski definition) is 6. The van der Waals surface area contributed by atoms with Crippen LogP contribution in [0.25, 0.3) is 11.1 Å². The zero-order chi connectivity index (χ0) is 26.5. The summed E-state index contributed by atoms with van der Waals surface area (Å²) in [6.45, 7) is 8.05. The molecule has 5 rings (SSSR count). The van der Waals surface area contributed by atoms with E-state index in [0.717, 1.165) is 65.3 Å². The van der Waals surface area contributed by atoms with Gasteiger partial charge in [0.25, 0.3) is 0 Å². The highest BCUT2D eigenvalue weighted by molar-refractivity contribution is 5.99. The maximum Gasteiger partial charge on any atom is 0.314 e. The van der Waals surface area contributed by atoms with Crippen LogP contribution >= 0.6 is 0 Å². The molecule has 0 radical (unpaired) electrons. The van der Waals surface area contributed by atoms with Gasteiger partial charge in [0.15, 0.2) is 11.5 Å². The van der Waals surface area contributed by atoms with E-state index >= 15 is 0 Å². The van der Waals surface area contributed by atoms with Crippen molar-refractivity contribution in [2.24, 2.45) is 5.92 Å². The Balaban J connectivity index is 1.47. The van der Waals surface area contributed by atoms with E-state index in [-0.39, 0.29) is 18.7 Å². The summed E-state index contributed by atoms with van der Waals surface area (Å²) < 4.78 is 22.7. The zero-order valence-corrected chi connectivity index (χ0v) is 22.3. The molecule has 0 bridgehead atoms. The van der Waals surface area contributed by atoms with Crippen LogP contribution in [0.3, 0.4) is 0 Å². The van der Waals surface area contributed by atoms with Crippen molar-refractivity contribution in [2.45, 2.75) is 46.1 Å². The molecule has 3 aromatic carbocycles. The number of fused-ring (bicyclic) bond motifs is 1. The van der Waals surface area contributed by atoms with Crippen LogP contribution in [-0.2, 0) is 4.79 Å². The molecule has 1 aliphatic heterocycles. The van der Waals surface area contributed by atoms with Crippen molar-refractivity contribution in [3.8, 4) is 23.0 Å². The summed E-state index contributed by atoms with van der Waals surface area (Å²) in [6.07, 6.45) is 2.66. The topological polar surface area (TPSA) is 66.0 Å². The molecule has 198 valence electrons. The van der Waals surface area contributed by atoms with E-state index in [2.05, 4.69) is 44.3 Å². The number of ether oxygens (including phenoxy) is 4. The van der Waals surface area contributed by atoms with Gasteiger partial charge in [-0.3, -0.25) is 4.79 Å². The minimum atomic E-state index is -0.137. The average Bonchev–Trinajstić information content (AvgIpc) is 3.68. The van der Waals surface area contributed by atoms with Gasteiger partial charge in [-0.05, 0) is 83.5 Å². The highest BCUT2D eigenvalue weighted by Crippen LogP contribution is 2.40. The van der Waals surface area contributed by atoms with E-state index in [1.165, 1.54) is 5.57 Å². The summed E-state index contributed by atoms with van der Waals surface area (Å²) in [6, 6.07) is 22.6. The first kappa shape index (κ1) is 25.9. The molecule has 1 aliphatic carbocycles. The molecule has 1 heterocycles. The van der Waals surface area contributed by atoms with E-state index < -0.39 is 0 Å². The summed E-state index contributed by atoms with van der Waals surface area (Å²) in [5, 5.41) is 3.37. The standard InChI is InChI=1S/C32H35NO5/c1-4-28(25-11-16-29-30(19-25)37-20-36-29)31(22-7-12-26(13-8-22)35-18-17-33-21(2)3)23-9-14-27(15-10-23)38-32(34)24-5-6-24/h7-16,19,21,24,33H,4-6,17-18,20H2,1-3H3. The van der Waals surface area contributed by atoms with Crippen molar-refractivity contribution in [3.63, 3.8) is 0 Å². The predicted octanol–water partition coefficient (Wildman–Crippen LogP) is 6.48. The Kier molecular flexibility index (Phi) is 7.99. The molecule has 6 heteroatoms. The van der Waals surface area contributed by atoms with Gasteiger partial charge in [-0.1, -0.05) is 51.1 Å². The molecule has 0 spiro atoms. The molecule has 0 saturated heterocycles. The second-order valence-electron chi connectivity index (χ2n) is 9.98. The Morgan fingerprint density at radius 1 is 0.895 bits per heavy atom. The molecule has 3 aromatic rings. The lowest BCUT2D eigenvalue weighted by atomic mass is 9.88. The van der Waals surface area contributed by atoms with Crippen molar-refractivity contribution in [3.05, 3.63) is 83.4 Å². The fraction of sp³-hybridized carbons (Fsp3) is 0.344. The number of allylic oxidation sites excluding steroid dienone is 1. The highest BCUT2D eigenvalue weighted by Gasteiger charge is 2.31. The van der Waals surface area contributed by atoms with Gasteiger partial charge in [0, 0.05) is 12.6 Å². The SMILES string of the molecule is CCC(=C(c1ccc(OCCNC(C)C)cc1)c1ccc(OC(=O)C2CC2)cc1)c1ccc2c(c1)OCO2. The maximum absolute atomic E-state index is 12.1. The molecule has 1 N–H and O–H groups in total. The first-order valence-electron chi connectivity index (χ1n) is 13.4. The molecule has 0 unspecified atom stereocenters. The third-order valence-electron chi connectivity index (χ3n) is 6.71. The van der Waals surface area contributed by atoms with Crippen molar-refractivity contribution in [1.82, 2.24) is 5.32 Å². The summed E-state index contributed by atoms with van der Waals surface area (Å²) in [4.78, 5) is 12.1. The van der Waals surface area contributed by atoms with Gasteiger partial charge in [-0.15, -0.1) is 0 Å². The largest absolute Gasteiger partial charge is 0.492 e. The average molecular weight is 514 g/mol. The maximum atomic E-state index is 12.1. The van der Waals surface area contributed by atoms with E-state index in [1.807, 2.05) is 48.5 Å². The Bertz CT molecular complexity index is 1290. The van der Waals surface area contributed by atoms with Crippen molar-refractivity contribution in [2.75, 3.05) is 19.9 Å². The van der Waals surface area contributed by atoms with E-state index in [0.29, 0.717) is 18.4 Å². The van der Waals surface area contributed by atoms with Gasteiger partial charge in [0.2, 0.25) is 6.79 Å². The molecule has 0 aromatic heterocycles. The monoisotopic (exact) mass is 513 g/mol. The summed E-state index contributed by atoms with van der Waals surface area (Å²) in [5.74, 6) is 2.86. The minimum Gasteiger partial charge on any atom is -0.492 e. The second-order valence-corrected chi connectivity index (χ2v) is 9.98. The van der Waals surface area contributed by atoms with Crippen LogP contribution in [0.1, 0.15) is 56.7 Å². The lowest BCUT2D eigenvalue weighted by Gasteiger charge is -2.18. The number of carbonyl (C=O) groups excluding carboxylic acids is 1. The molecule has 0 atom stereocenters. The molecule has 6 nitrogen and oxygen atoms in total. The van der Waals surface area contributed by atoms with Crippen LogP contribution in [0, 0.1) is 5.92 Å². The first-order chi connectivity index (χ1) is 18.5. The zero-order valence-electron chi connectivity index (χ0n) is 22.3. The Labute approximate surface area is 224 Å². The Hall–Kier alpha value is -3.77. The molecular formula is C32H35NO5. The van der Waals surface area contributed by atoms with Crippen LogP contribution in [0.4, 0.5) is 0 Å². The Morgan fingerprint density at radius 2 is 1.53 bits per heavy atom. The van der Waals surface area contributed by atoms with Crippen LogP contribution in [0.5, 0.6) is 23.0 Å². The fourth-order valence-electron chi connectivity index (χ4n) is 4.57. The number of rotatable bonds is 11. The summed E-state index contributed by atoms with van der Waals surface area (Å²) in [5.41, 5.74) is 5.49. The van der Waals surface area contributed by atoms with Crippen LogP contribution in [-0.4, -0.2) is 32.0 Å².